The van der Waals surface area contributed by atoms with Crippen LogP contribution in [0.1, 0.15) is 27.9 Å². The van der Waals surface area contributed by atoms with E-state index in [2.05, 4.69) is 27.6 Å². The Morgan fingerprint density at radius 3 is 2.86 bits per heavy atom. The van der Waals surface area contributed by atoms with E-state index in [-0.39, 0.29) is 11.2 Å². The fourth-order valence-corrected chi connectivity index (χ4v) is 2.72. The van der Waals surface area contributed by atoms with E-state index < -0.39 is 5.25 Å². The zero-order valence-electron chi connectivity index (χ0n) is 11.6. The fourth-order valence-electron chi connectivity index (χ4n) is 2.33. The second-order valence-electron chi connectivity index (χ2n) is 5.03. The summed E-state index contributed by atoms with van der Waals surface area (Å²) in [5.74, 6) is 0.245. The van der Waals surface area contributed by atoms with Crippen molar-refractivity contribution in [3.05, 3.63) is 63.1 Å². The van der Waals surface area contributed by atoms with Gasteiger partial charge in [-0.1, -0.05) is 0 Å². The van der Waals surface area contributed by atoms with E-state index in [4.69, 9.17) is 0 Å². The highest BCUT2D eigenvalue weighted by Gasteiger charge is 2.18. The van der Waals surface area contributed by atoms with Crippen molar-refractivity contribution in [2.75, 3.05) is 0 Å². The number of thiol groups is 1. The number of rotatable bonds is 2. The second kappa shape index (κ2) is 5.04. The van der Waals surface area contributed by atoms with E-state index in [1.165, 1.54) is 12.1 Å². The molecule has 2 N–H and O–H groups in total. The van der Waals surface area contributed by atoms with E-state index >= 15 is 0 Å². The topological polar surface area (TPSA) is 61.5 Å². The van der Waals surface area contributed by atoms with Gasteiger partial charge in [0.15, 0.2) is 5.43 Å². The summed E-state index contributed by atoms with van der Waals surface area (Å²) < 4.78 is 13.2. The van der Waals surface area contributed by atoms with Crippen LogP contribution in [0.5, 0.6) is 0 Å². The van der Waals surface area contributed by atoms with Crippen LogP contribution in [0.3, 0.4) is 0 Å². The van der Waals surface area contributed by atoms with E-state index in [0.717, 1.165) is 0 Å². The largest absolute Gasteiger partial charge is 0.363 e. The molecule has 21 heavy (non-hydrogen) atoms. The number of hydrogen-bond donors (Lipinski definition) is 3. The molecule has 0 saturated carbocycles. The minimum atomic E-state index is -0.409. The molecule has 3 aromatic rings. The molecule has 0 fully saturated rings. The summed E-state index contributed by atoms with van der Waals surface area (Å²) >= 11 is 4.54. The average molecular weight is 303 g/mol. The molecule has 0 spiro atoms. The minimum absolute atomic E-state index is 0.00930. The standard InChI is InChI=1S/C15H14FN3OS/c1-7-6-17-12(8(2)13(7)20)14(21)15-18-10-4-3-9(16)5-11(10)19-15/h3-6,14,21H,1-2H3,(H,17,20)(H,18,19). The van der Waals surface area contributed by atoms with Gasteiger partial charge in [-0.05, 0) is 32.0 Å². The number of benzene rings is 1. The average Bonchev–Trinajstić information content (AvgIpc) is 2.87. The lowest BCUT2D eigenvalue weighted by molar-refractivity contribution is 0.629. The molecule has 2 aromatic heterocycles. The molecule has 6 heteroatoms. The number of hydrogen-bond acceptors (Lipinski definition) is 3. The molecule has 2 heterocycles. The number of aromatic nitrogens is 3. The summed E-state index contributed by atoms with van der Waals surface area (Å²) in [6, 6.07) is 4.35. The summed E-state index contributed by atoms with van der Waals surface area (Å²) in [6.07, 6.45) is 1.66. The minimum Gasteiger partial charge on any atom is -0.363 e. The molecule has 0 radical (unpaired) electrons. The molecule has 1 aromatic carbocycles. The van der Waals surface area contributed by atoms with Gasteiger partial charge >= 0.3 is 0 Å². The van der Waals surface area contributed by atoms with Gasteiger partial charge in [-0.15, -0.1) is 0 Å². The van der Waals surface area contributed by atoms with Crippen LogP contribution in [0.2, 0.25) is 0 Å². The summed E-state index contributed by atoms with van der Waals surface area (Å²) in [6.45, 7) is 3.51. The maximum atomic E-state index is 13.2. The highest BCUT2D eigenvalue weighted by Crippen LogP contribution is 2.27. The first-order chi connectivity index (χ1) is 9.97. The van der Waals surface area contributed by atoms with Gasteiger partial charge in [0.2, 0.25) is 0 Å². The molecular weight excluding hydrogens is 289 g/mol. The van der Waals surface area contributed by atoms with E-state index in [9.17, 15) is 9.18 Å². The Hall–Kier alpha value is -2.08. The van der Waals surface area contributed by atoms with Crippen LogP contribution < -0.4 is 5.43 Å². The molecule has 3 rings (SSSR count). The number of nitrogens with one attached hydrogen (secondary N) is 2. The first-order valence-corrected chi connectivity index (χ1v) is 7.01. The number of halogens is 1. The number of H-pyrrole nitrogens is 2. The Balaban J connectivity index is 2.10. The van der Waals surface area contributed by atoms with Crippen LogP contribution in [-0.2, 0) is 0 Å². The van der Waals surface area contributed by atoms with Crippen molar-refractivity contribution >= 4 is 23.7 Å². The SMILES string of the molecule is Cc1c[nH]c(C(S)c2nc3ccc(F)cc3[nH]2)c(C)c1=O. The zero-order valence-corrected chi connectivity index (χ0v) is 12.5. The van der Waals surface area contributed by atoms with Crippen LogP contribution in [0.15, 0.2) is 29.2 Å². The lowest BCUT2D eigenvalue weighted by Gasteiger charge is -2.11. The molecule has 0 aliphatic carbocycles. The van der Waals surface area contributed by atoms with Gasteiger partial charge in [-0.25, -0.2) is 9.37 Å². The van der Waals surface area contributed by atoms with Crippen LogP contribution in [0.4, 0.5) is 4.39 Å². The van der Waals surface area contributed by atoms with Gasteiger partial charge in [0.05, 0.1) is 11.0 Å². The first-order valence-electron chi connectivity index (χ1n) is 6.49. The van der Waals surface area contributed by atoms with Gasteiger partial charge in [-0.2, -0.15) is 12.6 Å². The Kier molecular flexibility index (Phi) is 3.33. The van der Waals surface area contributed by atoms with Gasteiger partial charge in [0.25, 0.3) is 0 Å². The first kappa shape index (κ1) is 13.9. The number of aromatic amines is 2. The molecule has 108 valence electrons. The molecular formula is C15H14FN3OS. The highest BCUT2D eigenvalue weighted by molar-refractivity contribution is 7.80. The van der Waals surface area contributed by atoms with Gasteiger partial charge in [0, 0.05) is 23.0 Å². The Labute approximate surface area is 125 Å². The fraction of sp³-hybridized carbons (Fsp3) is 0.200. The van der Waals surface area contributed by atoms with Crippen molar-refractivity contribution in [3.63, 3.8) is 0 Å². The van der Waals surface area contributed by atoms with Crippen molar-refractivity contribution in [1.29, 1.82) is 0 Å². The van der Waals surface area contributed by atoms with Gasteiger partial charge in [0.1, 0.15) is 16.9 Å². The summed E-state index contributed by atoms with van der Waals surface area (Å²) in [7, 11) is 0. The Morgan fingerprint density at radius 2 is 2.10 bits per heavy atom. The highest BCUT2D eigenvalue weighted by atomic mass is 32.1. The van der Waals surface area contributed by atoms with Crippen LogP contribution in [0, 0.1) is 19.7 Å². The van der Waals surface area contributed by atoms with Gasteiger partial charge in [-0.3, -0.25) is 4.79 Å². The lowest BCUT2D eigenvalue weighted by Crippen LogP contribution is -2.15. The molecule has 0 saturated heterocycles. The third-order valence-corrected chi connectivity index (χ3v) is 4.04. The van der Waals surface area contributed by atoms with E-state index in [1.807, 2.05) is 0 Å². The molecule has 1 atom stereocenters. The number of fused-ring (bicyclic) bond motifs is 1. The predicted molar refractivity (Wildman–Crippen MR) is 83.4 cm³/mol. The van der Waals surface area contributed by atoms with Crippen molar-refractivity contribution in [2.45, 2.75) is 19.1 Å². The van der Waals surface area contributed by atoms with E-state index in [1.54, 1.807) is 26.1 Å². The summed E-state index contributed by atoms with van der Waals surface area (Å²) in [5, 5.41) is -0.409. The van der Waals surface area contributed by atoms with Crippen molar-refractivity contribution in [3.8, 4) is 0 Å². The van der Waals surface area contributed by atoms with E-state index in [0.29, 0.717) is 33.7 Å². The third-order valence-electron chi connectivity index (χ3n) is 3.54. The Morgan fingerprint density at radius 1 is 1.33 bits per heavy atom. The maximum absolute atomic E-state index is 13.2. The molecule has 1 unspecified atom stereocenters. The lowest BCUT2D eigenvalue weighted by atomic mass is 10.1. The van der Waals surface area contributed by atoms with Crippen molar-refractivity contribution < 1.29 is 4.39 Å². The molecule has 0 amide bonds. The van der Waals surface area contributed by atoms with Crippen LogP contribution >= 0.6 is 12.6 Å². The summed E-state index contributed by atoms with van der Waals surface area (Å²) in [4.78, 5) is 22.5. The van der Waals surface area contributed by atoms with Gasteiger partial charge < -0.3 is 9.97 Å². The predicted octanol–water partition coefficient (Wildman–Crippen LogP) is 3.03. The maximum Gasteiger partial charge on any atom is 0.187 e. The molecule has 0 aliphatic rings. The number of aryl methyl sites for hydroxylation is 1. The number of pyridine rings is 1. The van der Waals surface area contributed by atoms with Crippen molar-refractivity contribution in [2.24, 2.45) is 0 Å². The third kappa shape index (κ3) is 2.35. The van der Waals surface area contributed by atoms with Crippen molar-refractivity contribution in [1.82, 2.24) is 15.0 Å². The van der Waals surface area contributed by atoms with Crippen LogP contribution in [-0.4, -0.2) is 15.0 Å². The molecule has 4 nitrogen and oxygen atoms in total. The second-order valence-corrected chi connectivity index (χ2v) is 5.54. The Bertz CT molecular complexity index is 884. The monoisotopic (exact) mass is 303 g/mol. The number of imidazole rings is 1. The normalized spacial score (nSPS) is 12.8. The smallest absolute Gasteiger partial charge is 0.187 e. The number of nitrogens with zero attached hydrogens (tertiary/aromatic N) is 1. The molecule has 0 bridgehead atoms. The quantitative estimate of drug-likeness (QED) is 0.637. The molecule has 0 aliphatic heterocycles. The summed E-state index contributed by atoms with van der Waals surface area (Å²) in [5.41, 5.74) is 3.22. The van der Waals surface area contributed by atoms with Crippen LogP contribution in [0.25, 0.3) is 11.0 Å². The zero-order chi connectivity index (χ0) is 15.1.